The molecule has 0 aromatic rings. The van der Waals surface area contributed by atoms with Gasteiger partial charge in [0.05, 0.1) is 0 Å². The van der Waals surface area contributed by atoms with Crippen molar-refractivity contribution in [2.75, 3.05) is 13.2 Å². The van der Waals surface area contributed by atoms with Gasteiger partial charge in [-0.2, -0.15) is 0 Å². The molecule has 4 nitrogen and oxygen atoms in total. The monoisotopic (exact) mass is 196 g/mol. The molecule has 0 atom stereocenters. The first kappa shape index (κ1) is 8.42. The lowest BCUT2D eigenvalue weighted by molar-refractivity contribution is -0.129. The Kier molecular flexibility index (Phi) is 5.20. The standard InChI is InChI=1S/C4H5BrO4/c5-4(7)9-2-1-8-3-6/h3H,1-2H2. The van der Waals surface area contributed by atoms with Crippen LogP contribution in [0.25, 0.3) is 0 Å². The van der Waals surface area contributed by atoms with E-state index in [9.17, 15) is 9.59 Å². The van der Waals surface area contributed by atoms with E-state index < -0.39 is 4.88 Å². The second-order valence-electron chi connectivity index (χ2n) is 1.05. The van der Waals surface area contributed by atoms with Crippen LogP contribution in [-0.4, -0.2) is 24.6 Å². The molecule has 0 saturated heterocycles. The van der Waals surface area contributed by atoms with Crippen LogP contribution in [0.2, 0.25) is 0 Å². The summed E-state index contributed by atoms with van der Waals surface area (Å²) in [6, 6.07) is 0. The van der Waals surface area contributed by atoms with Crippen LogP contribution < -0.4 is 0 Å². The van der Waals surface area contributed by atoms with Crippen molar-refractivity contribution >= 4 is 27.3 Å². The molecule has 0 aliphatic rings. The van der Waals surface area contributed by atoms with Gasteiger partial charge in [0, 0.05) is 15.9 Å². The van der Waals surface area contributed by atoms with E-state index >= 15 is 0 Å². The van der Waals surface area contributed by atoms with E-state index in [1.165, 1.54) is 0 Å². The van der Waals surface area contributed by atoms with Crippen molar-refractivity contribution in [3.63, 3.8) is 0 Å². The number of rotatable bonds is 4. The highest BCUT2D eigenvalue weighted by atomic mass is 79.9. The van der Waals surface area contributed by atoms with Crippen LogP contribution in [0.4, 0.5) is 4.79 Å². The van der Waals surface area contributed by atoms with Gasteiger partial charge in [-0.1, -0.05) is 0 Å². The minimum atomic E-state index is -0.558. The summed E-state index contributed by atoms with van der Waals surface area (Å²) in [5.74, 6) is 0. The summed E-state index contributed by atoms with van der Waals surface area (Å²) in [4.78, 5) is 18.9. The van der Waals surface area contributed by atoms with Crippen molar-refractivity contribution in [3.05, 3.63) is 0 Å². The number of carbonyl (C=O) groups is 2. The molecule has 0 aromatic heterocycles. The lowest BCUT2D eigenvalue weighted by Gasteiger charge is -1.96. The second-order valence-corrected chi connectivity index (χ2v) is 1.70. The van der Waals surface area contributed by atoms with Crippen molar-refractivity contribution in [1.82, 2.24) is 0 Å². The normalized spacial score (nSPS) is 8.11. The van der Waals surface area contributed by atoms with E-state index in [0.717, 1.165) is 0 Å². The smallest absolute Gasteiger partial charge is 0.374 e. The van der Waals surface area contributed by atoms with E-state index in [-0.39, 0.29) is 13.2 Å². The van der Waals surface area contributed by atoms with Gasteiger partial charge in [0.25, 0.3) is 6.47 Å². The lowest BCUT2D eigenvalue weighted by Crippen LogP contribution is -2.03. The van der Waals surface area contributed by atoms with Gasteiger partial charge in [0.15, 0.2) is 0 Å². The predicted octanol–water partition coefficient (Wildman–Crippen LogP) is 0.691. The molecule has 0 N–H and O–H groups in total. The molecule has 0 unspecified atom stereocenters. The van der Waals surface area contributed by atoms with Crippen molar-refractivity contribution in [2.24, 2.45) is 0 Å². The van der Waals surface area contributed by atoms with Crippen LogP contribution in [-0.2, 0) is 14.3 Å². The summed E-state index contributed by atoms with van der Waals surface area (Å²) < 4.78 is 8.54. The van der Waals surface area contributed by atoms with Crippen LogP contribution in [0.1, 0.15) is 0 Å². The number of hydrogen-bond donors (Lipinski definition) is 0. The Hall–Kier alpha value is -0.580. The number of carbonyl (C=O) groups excluding carboxylic acids is 2. The van der Waals surface area contributed by atoms with Gasteiger partial charge in [-0.05, 0) is 0 Å². The first-order valence-electron chi connectivity index (χ1n) is 2.15. The zero-order valence-electron chi connectivity index (χ0n) is 4.50. The molecule has 0 aliphatic carbocycles. The minimum Gasteiger partial charge on any atom is -0.464 e. The molecular formula is C4H5BrO4. The summed E-state index contributed by atoms with van der Waals surface area (Å²) in [5, 5.41) is 0. The molecule has 0 rings (SSSR count). The third kappa shape index (κ3) is 7.42. The maximum atomic E-state index is 9.96. The molecule has 0 radical (unpaired) electrons. The largest absolute Gasteiger partial charge is 0.464 e. The molecule has 52 valence electrons. The molecule has 0 aromatic carbocycles. The fourth-order valence-corrected chi connectivity index (χ4v) is 0.380. The Balaban J connectivity index is 2.91. The SMILES string of the molecule is O=COCCOC(=O)Br. The van der Waals surface area contributed by atoms with Crippen molar-refractivity contribution in [1.29, 1.82) is 0 Å². The average Bonchev–Trinajstić information content (AvgIpc) is 1.80. The molecule has 0 spiro atoms. The first-order valence-corrected chi connectivity index (χ1v) is 2.94. The number of ether oxygens (including phenoxy) is 2. The Morgan fingerprint density at radius 1 is 1.56 bits per heavy atom. The Morgan fingerprint density at radius 3 is 2.67 bits per heavy atom. The molecule has 0 amide bonds. The molecule has 0 aliphatic heterocycles. The quantitative estimate of drug-likeness (QED) is 0.378. The lowest BCUT2D eigenvalue weighted by atomic mass is 10.8. The average molecular weight is 197 g/mol. The molecule has 0 heterocycles. The van der Waals surface area contributed by atoms with Crippen LogP contribution in [0.15, 0.2) is 0 Å². The Labute approximate surface area is 60.3 Å². The summed E-state index contributed by atoms with van der Waals surface area (Å²) >= 11 is 2.52. The van der Waals surface area contributed by atoms with Crippen molar-refractivity contribution < 1.29 is 19.1 Å². The summed E-state index contributed by atoms with van der Waals surface area (Å²) in [6.45, 7) is 0.478. The molecule has 5 heteroatoms. The highest BCUT2D eigenvalue weighted by molar-refractivity contribution is 9.18. The summed E-state index contributed by atoms with van der Waals surface area (Å²) in [7, 11) is 0. The first-order chi connectivity index (χ1) is 4.27. The van der Waals surface area contributed by atoms with Gasteiger partial charge in [-0.25, -0.2) is 4.79 Å². The third-order valence-electron chi connectivity index (χ3n) is 0.485. The number of halogens is 1. The van der Waals surface area contributed by atoms with E-state index in [1.807, 2.05) is 0 Å². The summed E-state index contributed by atoms with van der Waals surface area (Å²) in [5.41, 5.74) is 0. The third-order valence-corrected chi connectivity index (χ3v) is 0.714. The van der Waals surface area contributed by atoms with E-state index in [4.69, 9.17) is 0 Å². The van der Waals surface area contributed by atoms with Gasteiger partial charge in [0.2, 0.25) is 0 Å². The van der Waals surface area contributed by atoms with Crippen molar-refractivity contribution in [3.8, 4) is 0 Å². The Morgan fingerprint density at radius 2 is 2.22 bits per heavy atom. The Bertz CT molecular complexity index is 103. The zero-order chi connectivity index (χ0) is 7.11. The highest BCUT2D eigenvalue weighted by Gasteiger charge is 1.92. The molecule has 0 bridgehead atoms. The van der Waals surface area contributed by atoms with Gasteiger partial charge in [0.1, 0.15) is 13.2 Å². The summed E-state index contributed by atoms with van der Waals surface area (Å²) in [6.07, 6.45) is 0. The fourth-order valence-electron chi connectivity index (χ4n) is 0.218. The molecule has 9 heavy (non-hydrogen) atoms. The topological polar surface area (TPSA) is 52.6 Å². The van der Waals surface area contributed by atoms with Gasteiger partial charge < -0.3 is 9.47 Å². The predicted molar refractivity (Wildman–Crippen MR) is 32.3 cm³/mol. The second kappa shape index (κ2) is 5.55. The van der Waals surface area contributed by atoms with E-state index in [2.05, 4.69) is 25.4 Å². The van der Waals surface area contributed by atoms with E-state index in [1.54, 1.807) is 0 Å². The highest BCUT2D eigenvalue weighted by Crippen LogP contribution is 1.88. The van der Waals surface area contributed by atoms with E-state index in [0.29, 0.717) is 6.47 Å². The molecule has 0 fully saturated rings. The van der Waals surface area contributed by atoms with Gasteiger partial charge in [-0.3, -0.25) is 4.79 Å². The number of hydrogen-bond acceptors (Lipinski definition) is 4. The molecular weight excluding hydrogens is 192 g/mol. The van der Waals surface area contributed by atoms with Crippen LogP contribution in [0.3, 0.4) is 0 Å². The van der Waals surface area contributed by atoms with Crippen LogP contribution in [0.5, 0.6) is 0 Å². The minimum absolute atomic E-state index is 0.0861. The van der Waals surface area contributed by atoms with Crippen LogP contribution in [0, 0.1) is 0 Å². The van der Waals surface area contributed by atoms with Gasteiger partial charge in [-0.15, -0.1) is 0 Å². The fraction of sp³-hybridized carbons (Fsp3) is 0.500. The maximum absolute atomic E-state index is 9.96. The molecule has 0 saturated carbocycles. The maximum Gasteiger partial charge on any atom is 0.374 e. The zero-order valence-corrected chi connectivity index (χ0v) is 6.09. The van der Waals surface area contributed by atoms with Crippen LogP contribution >= 0.6 is 15.9 Å². The van der Waals surface area contributed by atoms with Gasteiger partial charge >= 0.3 is 4.88 Å². The van der Waals surface area contributed by atoms with Crippen molar-refractivity contribution in [2.45, 2.75) is 0 Å².